The van der Waals surface area contributed by atoms with Crippen LogP contribution in [0.15, 0.2) is 39.6 Å². The highest BCUT2D eigenvalue weighted by atomic mass is 79.9. The molecule has 0 amide bonds. The lowest BCUT2D eigenvalue weighted by Gasteiger charge is -2.02. The van der Waals surface area contributed by atoms with Gasteiger partial charge < -0.3 is 0 Å². The normalized spacial score (nSPS) is 15.3. The molecule has 82 valence electrons. The van der Waals surface area contributed by atoms with Crippen LogP contribution in [0.5, 0.6) is 0 Å². The molecule has 3 nitrogen and oxygen atoms in total. The Hall–Kier alpha value is -1.29. The number of halogens is 1. The summed E-state index contributed by atoms with van der Waals surface area (Å²) in [6, 6.07) is 9.41. The summed E-state index contributed by atoms with van der Waals surface area (Å²) in [5.74, 6) is 0.570. The Morgan fingerprint density at radius 1 is 1.31 bits per heavy atom. The maximum atomic E-state index is 11.8. The van der Waals surface area contributed by atoms with Crippen molar-refractivity contribution in [2.45, 2.75) is 18.8 Å². The summed E-state index contributed by atoms with van der Waals surface area (Å²) in [5.41, 5.74) is 1.94. The molecule has 1 aromatic carbocycles. The number of rotatable bonds is 2. The molecule has 1 aliphatic carbocycles. The lowest BCUT2D eigenvalue weighted by atomic mass is 10.3. The first-order valence-electron chi connectivity index (χ1n) is 5.32. The van der Waals surface area contributed by atoms with E-state index in [2.05, 4.69) is 21.0 Å². The summed E-state index contributed by atoms with van der Waals surface area (Å²) >= 11 is 3.40. The van der Waals surface area contributed by atoms with Gasteiger partial charge in [0.2, 0.25) is 0 Å². The molecule has 0 spiro atoms. The standard InChI is InChI=1S/C12H11BrN2O/c13-9-2-1-3-10(6-9)15-12(16)7-11(14-15)8-4-5-8/h1-3,6-8,14H,4-5H2. The summed E-state index contributed by atoms with van der Waals surface area (Å²) in [4.78, 5) is 11.8. The minimum Gasteiger partial charge on any atom is -0.295 e. The fourth-order valence-electron chi connectivity index (χ4n) is 1.82. The van der Waals surface area contributed by atoms with Gasteiger partial charge in [0.1, 0.15) is 0 Å². The number of nitrogens with one attached hydrogen (secondary N) is 1. The third-order valence-corrected chi connectivity index (χ3v) is 3.32. The highest BCUT2D eigenvalue weighted by molar-refractivity contribution is 9.10. The lowest BCUT2D eigenvalue weighted by Crippen LogP contribution is -2.13. The Bertz CT molecular complexity index is 581. The molecule has 0 atom stereocenters. The number of hydrogen-bond donors (Lipinski definition) is 1. The molecule has 4 heteroatoms. The molecule has 0 saturated heterocycles. The fourth-order valence-corrected chi connectivity index (χ4v) is 2.21. The van der Waals surface area contributed by atoms with E-state index in [1.165, 1.54) is 12.8 Å². The van der Waals surface area contributed by atoms with E-state index in [1.54, 1.807) is 10.7 Å². The van der Waals surface area contributed by atoms with E-state index in [0.717, 1.165) is 15.9 Å². The molecule has 1 saturated carbocycles. The highest BCUT2D eigenvalue weighted by Crippen LogP contribution is 2.38. The topological polar surface area (TPSA) is 37.8 Å². The van der Waals surface area contributed by atoms with Gasteiger partial charge in [-0.2, -0.15) is 0 Å². The Kier molecular flexibility index (Phi) is 2.24. The van der Waals surface area contributed by atoms with Crippen molar-refractivity contribution in [2.24, 2.45) is 0 Å². The van der Waals surface area contributed by atoms with Gasteiger partial charge in [0.15, 0.2) is 0 Å². The van der Waals surface area contributed by atoms with Gasteiger partial charge in [-0.15, -0.1) is 0 Å². The third kappa shape index (κ3) is 1.73. The molecule has 1 fully saturated rings. The van der Waals surface area contributed by atoms with E-state index in [4.69, 9.17) is 0 Å². The molecule has 0 unspecified atom stereocenters. The minimum absolute atomic E-state index is 0.0139. The Morgan fingerprint density at radius 3 is 2.81 bits per heavy atom. The van der Waals surface area contributed by atoms with E-state index < -0.39 is 0 Å². The number of aromatic amines is 1. The number of benzene rings is 1. The van der Waals surface area contributed by atoms with Gasteiger partial charge in [-0.3, -0.25) is 9.89 Å². The van der Waals surface area contributed by atoms with Gasteiger partial charge in [0.25, 0.3) is 5.56 Å². The molecule has 0 aliphatic heterocycles. The zero-order valence-corrected chi connectivity index (χ0v) is 10.2. The second kappa shape index (κ2) is 3.63. The van der Waals surface area contributed by atoms with Crippen LogP contribution < -0.4 is 5.56 Å². The van der Waals surface area contributed by atoms with Crippen molar-refractivity contribution >= 4 is 15.9 Å². The van der Waals surface area contributed by atoms with Crippen LogP contribution in [0.25, 0.3) is 5.69 Å². The van der Waals surface area contributed by atoms with E-state index >= 15 is 0 Å². The van der Waals surface area contributed by atoms with E-state index in [1.807, 2.05) is 24.3 Å². The first-order chi connectivity index (χ1) is 7.74. The smallest absolute Gasteiger partial charge is 0.271 e. The zero-order chi connectivity index (χ0) is 11.1. The van der Waals surface area contributed by atoms with Crippen LogP contribution in [0.3, 0.4) is 0 Å². The first-order valence-corrected chi connectivity index (χ1v) is 6.11. The van der Waals surface area contributed by atoms with E-state index in [9.17, 15) is 4.79 Å². The van der Waals surface area contributed by atoms with Crippen molar-refractivity contribution in [2.75, 3.05) is 0 Å². The van der Waals surface area contributed by atoms with Crippen molar-refractivity contribution in [1.82, 2.24) is 9.78 Å². The average molecular weight is 279 g/mol. The van der Waals surface area contributed by atoms with E-state index in [0.29, 0.717) is 5.92 Å². The molecule has 0 radical (unpaired) electrons. The van der Waals surface area contributed by atoms with Crippen molar-refractivity contribution < 1.29 is 0 Å². The minimum atomic E-state index is 0.0139. The van der Waals surface area contributed by atoms with Crippen molar-refractivity contribution in [1.29, 1.82) is 0 Å². The maximum Gasteiger partial charge on any atom is 0.271 e. The zero-order valence-electron chi connectivity index (χ0n) is 8.61. The second-order valence-corrected chi connectivity index (χ2v) is 5.05. The molecule has 16 heavy (non-hydrogen) atoms. The first kappa shape index (κ1) is 9.90. The molecule has 2 aromatic rings. The summed E-state index contributed by atoms with van der Waals surface area (Å²) in [5, 5.41) is 3.17. The molecule has 1 aromatic heterocycles. The maximum absolute atomic E-state index is 11.8. The molecule has 1 aliphatic rings. The van der Waals surface area contributed by atoms with Crippen LogP contribution in [-0.4, -0.2) is 9.78 Å². The molecular formula is C12H11BrN2O. The van der Waals surface area contributed by atoms with Crippen LogP contribution in [0.1, 0.15) is 24.5 Å². The summed E-state index contributed by atoms with van der Waals surface area (Å²) in [6.07, 6.45) is 2.39. The highest BCUT2D eigenvalue weighted by Gasteiger charge is 2.26. The van der Waals surface area contributed by atoms with Crippen LogP contribution in [0, 0.1) is 0 Å². The molecule has 0 bridgehead atoms. The number of hydrogen-bond acceptors (Lipinski definition) is 1. The second-order valence-electron chi connectivity index (χ2n) is 4.14. The fraction of sp³-hybridized carbons (Fsp3) is 0.250. The molecule has 3 rings (SSSR count). The van der Waals surface area contributed by atoms with Crippen LogP contribution in [0.2, 0.25) is 0 Å². The van der Waals surface area contributed by atoms with Gasteiger partial charge >= 0.3 is 0 Å². The largest absolute Gasteiger partial charge is 0.295 e. The van der Waals surface area contributed by atoms with Crippen LogP contribution in [0.4, 0.5) is 0 Å². The van der Waals surface area contributed by atoms with Gasteiger partial charge in [0.05, 0.1) is 5.69 Å². The van der Waals surface area contributed by atoms with Gasteiger partial charge in [-0.1, -0.05) is 22.0 Å². The van der Waals surface area contributed by atoms with Crippen molar-refractivity contribution in [3.05, 3.63) is 50.9 Å². The lowest BCUT2D eigenvalue weighted by molar-refractivity contribution is 0.815. The SMILES string of the molecule is O=c1cc(C2CC2)[nH]n1-c1cccc(Br)c1. The molecular weight excluding hydrogens is 268 g/mol. The summed E-state index contributed by atoms with van der Waals surface area (Å²) in [6.45, 7) is 0. The predicted molar refractivity (Wildman–Crippen MR) is 66.1 cm³/mol. The van der Waals surface area contributed by atoms with Gasteiger partial charge in [-0.05, 0) is 31.0 Å². The summed E-state index contributed by atoms with van der Waals surface area (Å²) < 4.78 is 2.57. The summed E-state index contributed by atoms with van der Waals surface area (Å²) in [7, 11) is 0. The molecule has 1 heterocycles. The third-order valence-electron chi connectivity index (χ3n) is 2.82. The number of nitrogens with zero attached hydrogens (tertiary/aromatic N) is 1. The predicted octanol–water partition coefficient (Wildman–Crippen LogP) is 2.81. The van der Waals surface area contributed by atoms with Crippen LogP contribution >= 0.6 is 15.9 Å². The van der Waals surface area contributed by atoms with E-state index in [-0.39, 0.29) is 5.56 Å². The number of H-pyrrole nitrogens is 1. The average Bonchev–Trinajstić information content (AvgIpc) is 3.02. The van der Waals surface area contributed by atoms with Gasteiger partial charge in [0, 0.05) is 22.2 Å². The quantitative estimate of drug-likeness (QED) is 0.901. The van der Waals surface area contributed by atoms with Crippen LogP contribution in [-0.2, 0) is 0 Å². The van der Waals surface area contributed by atoms with Gasteiger partial charge in [-0.25, -0.2) is 4.68 Å². The molecule has 1 N–H and O–H groups in total. The Labute approximate surface area is 101 Å². The Balaban J connectivity index is 2.08. The van der Waals surface area contributed by atoms with Crippen molar-refractivity contribution in [3.8, 4) is 5.69 Å². The van der Waals surface area contributed by atoms with Crippen molar-refractivity contribution in [3.63, 3.8) is 0 Å². The monoisotopic (exact) mass is 278 g/mol. The Morgan fingerprint density at radius 2 is 2.12 bits per heavy atom. The number of aromatic nitrogens is 2.